The van der Waals surface area contributed by atoms with Crippen molar-refractivity contribution in [2.24, 2.45) is 0 Å². The van der Waals surface area contributed by atoms with Gasteiger partial charge >= 0.3 is 0 Å². The monoisotopic (exact) mass is 262 g/mol. The highest BCUT2D eigenvalue weighted by Gasteiger charge is 2.17. The predicted molar refractivity (Wildman–Crippen MR) is 71.8 cm³/mol. The highest BCUT2D eigenvalue weighted by Crippen LogP contribution is 2.30. The first kappa shape index (κ1) is 15.0. The van der Waals surface area contributed by atoms with E-state index < -0.39 is 11.6 Å². The lowest BCUT2D eigenvalue weighted by atomic mass is 9.95. The lowest BCUT2D eigenvalue weighted by Gasteiger charge is -2.11. The molecule has 0 bridgehead atoms. The van der Waals surface area contributed by atoms with Crippen LogP contribution in [0.4, 0.5) is 8.78 Å². The molecular weight excluding hydrogens is 246 g/mol. The van der Waals surface area contributed by atoms with Crippen molar-refractivity contribution in [2.75, 3.05) is 0 Å². The second-order valence-electron chi connectivity index (χ2n) is 4.14. The highest BCUT2D eigenvalue weighted by molar-refractivity contribution is 5.90. The molecule has 1 heterocycles. The molecule has 4 heteroatoms. The van der Waals surface area contributed by atoms with Crippen LogP contribution in [0, 0.1) is 23.0 Å². The third kappa shape index (κ3) is 2.70. The van der Waals surface area contributed by atoms with Gasteiger partial charge in [0.25, 0.3) is 0 Å². The molecule has 100 valence electrons. The fourth-order valence-corrected chi connectivity index (χ4v) is 1.86. The third-order valence-electron chi connectivity index (χ3n) is 2.70. The zero-order valence-corrected chi connectivity index (χ0v) is 11.5. The topological polar surface area (TPSA) is 36.7 Å². The van der Waals surface area contributed by atoms with Gasteiger partial charge in [-0.2, -0.15) is 5.26 Å². The van der Waals surface area contributed by atoms with E-state index in [-0.39, 0.29) is 11.5 Å². The van der Waals surface area contributed by atoms with E-state index >= 15 is 0 Å². The Morgan fingerprint density at radius 3 is 2.37 bits per heavy atom. The SMILES string of the molecule is CC.CC(C)c1cncc2cc(F)c(F)c(C#N)c12. The molecule has 2 nitrogen and oxygen atoms in total. The van der Waals surface area contributed by atoms with Gasteiger partial charge in [-0.25, -0.2) is 8.78 Å². The normalized spacial score (nSPS) is 10.0. The molecule has 0 unspecified atom stereocenters. The lowest BCUT2D eigenvalue weighted by Crippen LogP contribution is -1.98. The Morgan fingerprint density at radius 2 is 1.84 bits per heavy atom. The van der Waals surface area contributed by atoms with Crippen LogP contribution in [0.5, 0.6) is 0 Å². The molecule has 0 radical (unpaired) electrons. The molecular formula is C15H16F2N2. The molecule has 0 atom stereocenters. The molecule has 0 spiro atoms. The highest BCUT2D eigenvalue weighted by atomic mass is 19.2. The molecule has 19 heavy (non-hydrogen) atoms. The van der Waals surface area contributed by atoms with E-state index in [4.69, 9.17) is 5.26 Å². The van der Waals surface area contributed by atoms with Crippen LogP contribution in [0.3, 0.4) is 0 Å². The summed E-state index contributed by atoms with van der Waals surface area (Å²) >= 11 is 0. The van der Waals surface area contributed by atoms with Gasteiger partial charge in [0.15, 0.2) is 11.6 Å². The number of halogens is 2. The molecule has 0 fully saturated rings. The molecule has 2 rings (SSSR count). The van der Waals surface area contributed by atoms with Crippen molar-refractivity contribution in [3.8, 4) is 6.07 Å². The summed E-state index contributed by atoms with van der Waals surface area (Å²) < 4.78 is 26.8. The van der Waals surface area contributed by atoms with Crippen molar-refractivity contribution in [1.82, 2.24) is 4.98 Å². The first-order valence-electron chi connectivity index (χ1n) is 6.22. The fraction of sp³-hybridized carbons (Fsp3) is 0.333. The first-order chi connectivity index (χ1) is 9.06. The fourth-order valence-electron chi connectivity index (χ4n) is 1.86. The molecule has 2 aromatic rings. The van der Waals surface area contributed by atoms with Crippen molar-refractivity contribution in [3.63, 3.8) is 0 Å². The van der Waals surface area contributed by atoms with E-state index in [1.54, 1.807) is 12.3 Å². The van der Waals surface area contributed by atoms with E-state index in [1.165, 1.54) is 6.20 Å². The van der Waals surface area contributed by atoms with Crippen LogP contribution in [0.25, 0.3) is 10.8 Å². The van der Waals surface area contributed by atoms with E-state index in [2.05, 4.69) is 4.98 Å². The van der Waals surface area contributed by atoms with Gasteiger partial charge in [0.05, 0.1) is 5.56 Å². The summed E-state index contributed by atoms with van der Waals surface area (Å²) in [5.41, 5.74) is 0.504. The van der Waals surface area contributed by atoms with Gasteiger partial charge in [0.1, 0.15) is 6.07 Å². The number of fused-ring (bicyclic) bond motifs is 1. The number of nitriles is 1. The maximum atomic E-state index is 13.6. The summed E-state index contributed by atoms with van der Waals surface area (Å²) in [4.78, 5) is 3.98. The van der Waals surface area contributed by atoms with Gasteiger partial charge in [0.2, 0.25) is 0 Å². The van der Waals surface area contributed by atoms with Crippen LogP contribution in [0.15, 0.2) is 18.5 Å². The van der Waals surface area contributed by atoms with Crippen molar-refractivity contribution in [3.05, 3.63) is 41.2 Å². The first-order valence-corrected chi connectivity index (χ1v) is 6.22. The number of nitrogens with zero attached hydrogens (tertiary/aromatic N) is 2. The maximum Gasteiger partial charge on any atom is 0.177 e. The largest absolute Gasteiger partial charge is 0.264 e. The number of aromatic nitrogens is 1. The van der Waals surface area contributed by atoms with Crippen molar-refractivity contribution in [1.29, 1.82) is 5.26 Å². The number of pyridine rings is 1. The van der Waals surface area contributed by atoms with Crippen molar-refractivity contribution in [2.45, 2.75) is 33.6 Å². The van der Waals surface area contributed by atoms with Crippen LogP contribution in [0.1, 0.15) is 44.7 Å². The Morgan fingerprint density at radius 1 is 1.21 bits per heavy atom. The second-order valence-corrected chi connectivity index (χ2v) is 4.14. The zero-order valence-electron chi connectivity index (χ0n) is 11.5. The molecule has 0 amide bonds. The summed E-state index contributed by atoms with van der Waals surface area (Å²) in [7, 11) is 0. The quantitative estimate of drug-likeness (QED) is 0.756. The molecule has 0 saturated carbocycles. The Labute approximate surface area is 111 Å². The van der Waals surface area contributed by atoms with Gasteiger partial charge in [-0.1, -0.05) is 27.7 Å². The standard InChI is InChI=1S/C13H10F2N2.C2H6/c1-7(2)10-6-17-5-8-3-11(14)13(15)9(4-16)12(8)10;1-2/h3,5-7H,1-2H3;1-2H3. The zero-order chi connectivity index (χ0) is 14.6. The van der Waals surface area contributed by atoms with Crippen LogP contribution in [-0.4, -0.2) is 4.98 Å². The molecule has 0 aliphatic rings. The van der Waals surface area contributed by atoms with Crippen LogP contribution < -0.4 is 0 Å². The van der Waals surface area contributed by atoms with E-state index in [0.29, 0.717) is 10.8 Å². The average molecular weight is 262 g/mol. The minimum atomic E-state index is -1.09. The lowest BCUT2D eigenvalue weighted by molar-refractivity contribution is 0.508. The van der Waals surface area contributed by atoms with Gasteiger partial charge in [-0.15, -0.1) is 0 Å². The van der Waals surface area contributed by atoms with E-state index in [0.717, 1.165) is 11.6 Å². The number of hydrogen-bond donors (Lipinski definition) is 0. The number of rotatable bonds is 1. The van der Waals surface area contributed by atoms with Gasteiger partial charge in [-0.3, -0.25) is 4.98 Å². The summed E-state index contributed by atoms with van der Waals surface area (Å²) in [5, 5.41) is 9.88. The van der Waals surface area contributed by atoms with Crippen LogP contribution in [0.2, 0.25) is 0 Å². The number of hydrogen-bond acceptors (Lipinski definition) is 2. The van der Waals surface area contributed by atoms with Gasteiger partial charge < -0.3 is 0 Å². The molecule has 0 aliphatic carbocycles. The van der Waals surface area contributed by atoms with Gasteiger partial charge in [-0.05, 0) is 17.5 Å². The predicted octanol–water partition coefficient (Wildman–Crippen LogP) is 4.53. The van der Waals surface area contributed by atoms with E-state index in [1.807, 2.05) is 27.7 Å². The third-order valence-corrected chi connectivity index (χ3v) is 2.70. The number of benzene rings is 1. The summed E-state index contributed by atoms with van der Waals surface area (Å²) in [5.74, 6) is -2.02. The Kier molecular flexibility index (Phi) is 4.94. The molecule has 1 aromatic heterocycles. The summed E-state index contributed by atoms with van der Waals surface area (Å²) in [6, 6.07) is 2.81. The summed E-state index contributed by atoms with van der Waals surface area (Å²) in [6.07, 6.45) is 3.02. The average Bonchev–Trinajstić information content (AvgIpc) is 2.42. The minimum absolute atomic E-state index is 0.0863. The summed E-state index contributed by atoms with van der Waals surface area (Å²) in [6.45, 7) is 7.83. The van der Waals surface area contributed by atoms with Crippen LogP contribution >= 0.6 is 0 Å². The van der Waals surface area contributed by atoms with Crippen molar-refractivity contribution >= 4 is 10.8 Å². The maximum absolute atomic E-state index is 13.6. The smallest absolute Gasteiger partial charge is 0.177 e. The molecule has 0 N–H and O–H groups in total. The molecule has 0 saturated heterocycles. The Bertz CT molecular complexity index is 628. The van der Waals surface area contributed by atoms with Crippen LogP contribution in [-0.2, 0) is 0 Å². The minimum Gasteiger partial charge on any atom is -0.264 e. The Hall–Kier alpha value is -2.02. The van der Waals surface area contributed by atoms with Crippen molar-refractivity contribution < 1.29 is 8.78 Å². The van der Waals surface area contributed by atoms with E-state index in [9.17, 15) is 8.78 Å². The molecule has 0 aliphatic heterocycles. The Balaban J connectivity index is 0.000000861. The van der Waals surface area contributed by atoms with Gasteiger partial charge in [0, 0.05) is 23.2 Å². The second kappa shape index (κ2) is 6.24. The molecule has 1 aromatic carbocycles.